The van der Waals surface area contributed by atoms with Crippen molar-refractivity contribution in [1.29, 1.82) is 0 Å². The summed E-state index contributed by atoms with van der Waals surface area (Å²) in [5, 5.41) is 5.85. The Morgan fingerprint density at radius 3 is 2.96 bits per heavy atom. The van der Waals surface area contributed by atoms with Gasteiger partial charge in [-0.25, -0.2) is 9.97 Å². The predicted octanol–water partition coefficient (Wildman–Crippen LogP) is 3.25. The van der Waals surface area contributed by atoms with Gasteiger partial charge in [0.2, 0.25) is 0 Å². The molecule has 120 valence electrons. The van der Waals surface area contributed by atoms with Gasteiger partial charge in [0.1, 0.15) is 11.5 Å². The fourth-order valence-electron chi connectivity index (χ4n) is 2.52. The highest BCUT2D eigenvalue weighted by Gasteiger charge is 2.12. The van der Waals surface area contributed by atoms with E-state index in [-0.39, 0.29) is 5.91 Å². The summed E-state index contributed by atoms with van der Waals surface area (Å²) in [6.45, 7) is 2.31. The minimum atomic E-state index is -0.173. The van der Waals surface area contributed by atoms with E-state index in [0.717, 1.165) is 33.1 Å². The molecule has 6 nitrogen and oxygen atoms in total. The molecule has 0 unspecified atom stereocenters. The van der Waals surface area contributed by atoms with Crippen molar-refractivity contribution in [2.75, 3.05) is 0 Å². The molecule has 4 rings (SSSR count). The number of hydrogen-bond donors (Lipinski definition) is 3. The number of nitrogens with zero attached hydrogens (tertiary/aromatic N) is 2. The maximum atomic E-state index is 12.3. The fourth-order valence-corrected chi connectivity index (χ4v) is 3.14. The van der Waals surface area contributed by atoms with Crippen molar-refractivity contribution in [3.63, 3.8) is 0 Å². The molecule has 0 bridgehead atoms. The number of aryl methyl sites for hydroxylation is 1. The zero-order valence-electron chi connectivity index (χ0n) is 13.0. The third-order valence-electron chi connectivity index (χ3n) is 3.70. The van der Waals surface area contributed by atoms with E-state index < -0.39 is 0 Å². The second-order valence-corrected chi connectivity index (χ2v) is 6.50. The highest BCUT2D eigenvalue weighted by molar-refractivity contribution is 7.09. The van der Waals surface area contributed by atoms with Gasteiger partial charge in [-0.1, -0.05) is 12.1 Å². The highest BCUT2D eigenvalue weighted by atomic mass is 32.1. The first-order valence-corrected chi connectivity index (χ1v) is 8.40. The number of carbonyl (C=O) groups is 1. The molecule has 0 fully saturated rings. The van der Waals surface area contributed by atoms with Crippen LogP contribution in [0.25, 0.3) is 22.3 Å². The lowest BCUT2D eigenvalue weighted by molar-refractivity contribution is 0.0945. The minimum absolute atomic E-state index is 0.173. The van der Waals surface area contributed by atoms with Gasteiger partial charge in [0, 0.05) is 17.1 Å². The number of para-hydroxylation sites is 2. The first-order valence-electron chi connectivity index (χ1n) is 7.52. The SMILES string of the molecule is Cc1nc(-c2c[nH]c(C(=O)NCc3nc4ccccc4[nH]3)c2)cs1. The number of aromatic nitrogens is 4. The van der Waals surface area contributed by atoms with E-state index in [4.69, 9.17) is 0 Å². The van der Waals surface area contributed by atoms with Gasteiger partial charge in [0.25, 0.3) is 5.91 Å². The Morgan fingerprint density at radius 2 is 2.17 bits per heavy atom. The topological polar surface area (TPSA) is 86.5 Å². The molecule has 24 heavy (non-hydrogen) atoms. The van der Waals surface area contributed by atoms with E-state index in [9.17, 15) is 4.79 Å². The molecule has 7 heteroatoms. The number of amides is 1. The van der Waals surface area contributed by atoms with Crippen LogP contribution in [-0.4, -0.2) is 25.8 Å². The van der Waals surface area contributed by atoms with Crippen LogP contribution in [0.5, 0.6) is 0 Å². The first kappa shape index (κ1) is 14.6. The fraction of sp³-hybridized carbons (Fsp3) is 0.118. The summed E-state index contributed by atoms with van der Waals surface area (Å²) in [4.78, 5) is 27.3. The maximum absolute atomic E-state index is 12.3. The second-order valence-electron chi connectivity index (χ2n) is 5.44. The Labute approximate surface area is 142 Å². The van der Waals surface area contributed by atoms with Gasteiger partial charge in [0.05, 0.1) is 28.3 Å². The van der Waals surface area contributed by atoms with Crippen LogP contribution in [0.3, 0.4) is 0 Å². The van der Waals surface area contributed by atoms with Crippen LogP contribution in [0.1, 0.15) is 21.3 Å². The number of H-pyrrole nitrogens is 2. The molecule has 0 spiro atoms. The standard InChI is InChI=1S/C17H15N5OS/c1-10-20-15(9-24-10)11-6-14(18-7-11)17(23)19-8-16-21-12-4-2-3-5-13(12)22-16/h2-7,9,18H,8H2,1H3,(H,19,23)(H,21,22). The molecular formula is C17H15N5OS. The largest absolute Gasteiger partial charge is 0.357 e. The molecule has 0 saturated carbocycles. The lowest BCUT2D eigenvalue weighted by atomic mass is 10.2. The van der Waals surface area contributed by atoms with Crippen molar-refractivity contribution in [3.8, 4) is 11.3 Å². The molecule has 0 aliphatic carbocycles. The van der Waals surface area contributed by atoms with Crippen molar-refractivity contribution < 1.29 is 4.79 Å². The van der Waals surface area contributed by atoms with Crippen LogP contribution in [0.15, 0.2) is 41.9 Å². The van der Waals surface area contributed by atoms with Gasteiger partial charge >= 0.3 is 0 Å². The average molecular weight is 337 g/mol. The molecule has 1 aromatic carbocycles. The van der Waals surface area contributed by atoms with E-state index >= 15 is 0 Å². The highest BCUT2D eigenvalue weighted by Crippen LogP contribution is 2.22. The molecular weight excluding hydrogens is 322 g/mol. The molecule has 3 heterocycles. The summed E-state index contributed by atoms with van der Waals surface area (Å²) in [6, 6.07) is 9.59. The summed E-state index contributed by atoms with van der Waals surface area (Å²) in [5.74, 6) is 0.556. The lowest BCUT2D eigenvalue weighted by Gasteiger charge is -2.00. The van der Waals surface area contributed by atoms with E-state index in [1.807, 2.05) is 42.6 Å². The van der Waals surface area contributed by atoms with Gasteiger partial charge in [0.15, 0.2) is 0 Å². The third-order valence-corrected chi connectivity index (χ3v) is 4.47. The quantitative estimate of drug-likeness (QED) is 0.534. The van der Waals surface area contributed by atoms with Crippen LogP contribution >= 0.6 is 11.3 Å². The number of thiazole rings is 1. The summed E-state index contributed by atoms with van der Waals surface area (Å²) < 4.78 is 0. The Hall–Kier alpha value is -2.93. The Kier molecular flexibility index (Phi) is 3.62. The van der Waals surface area contributed by atoms with E-state index in [1.54, 1.807) is 17.5 Å². The monoisotopic (exact) mass is 337 g/mol. The number of aromatic amines is 2. The Bertz CT molecular complexity index is 980. The molecule has 0 atom stereocenters. The van der Waals surface area contributed by atoms with Crippen molar-refractivity contribution in [2.24, 2.45) is 0 Å². The lowest BCUT2D eigenvalue weighted by Crippen LogP contribution is -2.23. The first-order chi connectivity index (χ1) is 11.7. The van der Waals surface area contributed by atoms with Gasteiger partial charge in [-0.05, 0) is 25.1 Å². The molecule has 3 N–H and O–H groups in total. The molecule has 0 saturated heterocycles. The molecule has 0 aliphatic rings. The van der Waals surface area contributed by atoms with Crippen LogP contribution < -0.4 is 5.32 Å². The third kappa shape index (κ3) is 2.81. The minimum Gasteiger partial charge on any atom is -0.357 e. The van der Waals surface area contributed by atoms with Crippen molar-refractivity contribution >= 4 is 28.3 Å². The number of imidazole rings is 1. The zero-order chi connectivity index (χ0) is 16.5. The zero-order valence-corrected chi connectivity index (χ0v) is 13.8. The maximum Gasteiger partial charge on any atom is 0.268 e. The second kappa shape index (κ2) is 5.93. The van der Waals surface area contributed by atoms with Crippen LogP contribution in [-0.2, 0) is 6.54 Å². The molecule has 0 radical (unpaired) electrons. The van der Waals surface area contributed by atoms with Crippen LogP contribution in [0.4, 0.5) is 0 Å². The number of carbonyl (C=O) groups excluding carboxylic acids is 1. The molecule has 3 aromatic heterocycles. The van der Waals surface area contributed by atoms with E-state index in [2.05, 4.69) is 25.3 Å². The molecule has 4 aromatic rings. The predicted molar refractivity (Wildman–Crippen MR) is 93.9 cm³/mol. The average Bonchev–Trinajstić information content (AvgIpc) is 3.30. The summed E-state index contributed by atoms with van der Waals surface area (Å²) >= 11 is 1.59. The van der Waals surface area contributed by atoms with Crippen molar-refractivity contribution in [3.05, 3.63) is 58.4 Å². The van der Waals surface area contributed by atoms with Crippen molar-refractivity contribution in [1.82, 2.24) is 25.3 Å². The van der Waals surface area contributed by atoms with Gasteiger partial charge in [-0.15, -0.1) is 11.3 Å². The Balaban J connectivity index is 1.45. The van der Waals surface area contributed by atoms with Gasteiger partial charge in [-0.3, -0.25) is 4.79 Å². The van der Waals surface area contributed by atoms with Gasteiger partial charge < -0.3 is 15.3 Å². The smallest absolute Gasteiger partial charge is 0.268 e. The molecule has 0 aliphatic heterocycles. The van der Waals surface area contributed by atoms with E-state index in [0.29, 0.717) is 12.2 Å². The molecule has 1 amide bonds. The number of nitrogens with one attached hydrogen (secondary N) is 3. The van der Waals surface area contributed by atoms with Crippen LogP contribution in [0, 0.1) is 6.92 Å². The van der Waals surface area contributed by atoms with Crippen molar-refractivity contribution in [2.45, 2.75) is 13.5 Å². The number of benzene rings is 1. The number of hydrogen-bond acceptors (Lipinski definition) is 4. The number of rotatable bonds is 4. The number of fused-ring (bicyclic) bond motifs is 1. The van der Waals surface area contributed by atoms with E-state index in [1.165, 1.54) is 0 Å². The summed E-state index contributed by atoms with van der Waals surface area (Å²) in [6.07, 6.45) is 1.80. The van der Waals surface area contributed by atoms with Crippen LogP contribution in [0.2, 0.25) is 0 Å². The summed E-state index contributed by atoms with van der Waals surface area (Å²) in [7, 11) is 0. The normalized spacial score (nSPS) is 11.0. The van der Waals surface area contributed by atoms with Gasteiger partial charge in [-0.2, -0.15) is 0 Å². The summed E-state index contributed by atoms with van der Waals surface area (Å²) in [5.41, 5.74) is 4.15. The Morgan fingerprint density at radius 1 is 1.29 bits per heavy atom.